The Kier molecular flexibility index (Phi) is 4.92. The number of β-amino-alcohol motifs (C(OH)–C–C–N with tert-alkyl or cyclic N) is 1. The quantitative estimate of drug-likeness (QED) is 0.692. The molecule has 0 aromatic rings. The number of sulfonamides is 1. The first-order valence-electron chi connectivity index (χ1n) is 7.35. The minimum Gasteiger partial charge on any atom is -0.387 e. The number of hydrogen-bond acceptors (Lipinski definition) is 5. The number of nitrogens with zero attached hydrogens (tertiary/aromatic N) is 2. The highest BCUT2D eigenvalue weighted by Crippen LogP contribution is 2.25. The van der Waals surface area contributed by atoms with Crippen LogP contribution in [0.2, 0.25) is 0 Å². The maximum Gasteiger partial charge on any atom is 0.217 e. The number of carbonyl (C=O) groups excluding carboxylic acids is 1. The number of likely N-dealkylation sites (tertiary alicyclic amines) is 1. The Morgan fingerprint density at radius 3 is 2.43 bits per heavy atom. The SMILES string of the molecule is CC(=O)NC1CCN(C[C@@]2(O)CCN(S(C)(=O)=O)C2)CC1. The highest BCUT2D eigenvalue weighted by Gasteiger charge is 2.41. The molecule has 0 aromatic heterocycles. The van der Waals surface area contributed by atoms with Crippen LogP contribution in [0.25, 0.3) is 0 Å². The fourth-order valence-electron chi connectivity index (χ4n) is 3.17. The van der Waals surface area contributed by atoms with E-state index in [0.29, 0.717) is 19.5 Å². The molecule has 0 unspecified atom stereocenters. The molecule has 7 nitrogen and oxygen atoms in total. The average Bonchev–Trinajstić information content (AvgIpc) is 2.73. The van der Waals surface area contributed by atoms with E-state index in [9.17, 15) is 18.3 Å². The lowest BCUT2D eigenvalue weighted by Crippen LogP contribution is -2.50. The van der Waals surface area contributed by atoms with E-state index in [0.717, 1.165) is 25.9 Å². The van der Waals surface area contributed by atoms with Gasteiger partial charge < -0.3 is 15.3 Å². The maximum atomic E-state index is 11.5. The van der Waals surface area contributed by atoms with Crippen LogP contribution in [0.3, 0.4) is 0 Å². The van der Waals surface area contributed by atoms with E-state index >= 15 is 0 Å². The van der Waals surface area contributed by atoms with E-state index < -0.39 is 15.6 Å². The van der Waals surface area contributed by atoms with E-state index in [1.54, 1.807) is 0 Å². The van der Waals surface area contributed by atoms with Crippen LogP contribution < -0.4 is 5.32 Å². The Hall–Kier alpha value is -0.700. The number of carbonyl (C=O) groups is 1. The van der Waals surface area contributed by atoms with Gasteiger partial charge in [0.15, 0.2) is 0 Å². The number of hydrogen-bond donors (Lipinski definition) is 2. The fraction of sp³-hybridized carbons (Fsp3) is 0.923. The fourth-order valence-corrected chi connectivity index (χ4v) is 4.07. The summed E-state index contributed by atoms with van der Waals surface area (Å²) in [6, 6.07) is 0.212. The van der Waals surface area contributed by atoms with Crippen LogP contribution in [-0.2, 0) is 14.8 Å². The van der Waals surface area contributed by atoms with Crippen molar-refractivity contribution in [1.82, 2.24) is 14.5 Å². The molecule has 0 radical (unpaired) electrons. The summed E-state index contributed by atoms with van der Waals surface area (Å²) in [5, 5.41) is 13.5. The van der Waals surface area contributed by atoms with Gasteiger partial charge in [0, 0.05) is 45.7 Å². The van der Waals surface area contributed by atoms with Gasteiger partial charge in [-0.3, -0.25) is 4.79 Å². The van der Waals surface area contributed by atoms with Crippen LogP contribution >= 0.6 is 0 Å². The van der Waals surface area contributed by atoms with Crippen molar-refractivity contribution in [3.63, 3.8) is 0 Å². The molecule has 0 aliphatic carbocycles. The molecule has 21 heavy (non-hydrogen) atoms. The first-order valence-corrected chi connectivity index (χ1v) is 9.20. The molecule has 0 aromatic carbocycles. The summed E-state index contributed by atoms with van der Waals surface area (Å²) in [5.41, 5.74) is -0.954. The molecule has 1 atom stereocenters. The van der Waals surface area contributed by atoms with Crippen LogP contribution in [0.15, 0.2) is 0 Å². The van der Waals surface area contributed by atoms with Gasteiger partial charge in [-0.15, -0.1) is 0 Å². The summed E-state index contributed by atoms with van der Waals surface area (Å²) >= 11 is 0. The van der Waals surface area contributed by atoms with E-state index in [1.165, 1.54) is 17.5 Å². The topological polar surface area (TPSA) is 90.0 Å². The predicted octanol–water partition coefficient (Wildman–Crippen LogP) is -1.02. The lowest BCUT2D eigenvalue weighted by atomic mass is 9.99. The van der Waals surface area contributed by atoms with E-state index in [1.807, 2.05) is 0 Å². The van der Waals surface area contributed by atoms with Gasteiger partial charge in [-0.25, -0.2) is 8.42 Å². The molecule has 2 N–H and O–H groups in total. The third-order valence-corrected chi connectivity index (χ3v) is 5.53. The van der Waals surface area contributed by atoms with Gasteiger partial charge in [-0.1, -0.05) is 0 Å². The van der Waals surface area contributed by atoms with Gasteiger partial charge in [0.25, 0.3) is 0 Å². The molecule has 2 aliphatic rings. The molecule has 2 aliphatic heterocycles. The molecule has 122 valence electrons. The van der Waals surface area contributed by atoms with Crippen LogP contribution in [0.5, 0.6) is 0 Å². The third-order valence-electron chi connectivity index (χ3n) is 4.28. The number of nitrogens with one attached hydrogen (secondary N) is 1. The molecule has 0 bridgehead atoms. The molecule has 2 heterocycles. The van der Waals surface area contributed by atoms with Crippen molar-refractivity contribution < 1.29 is 18.3 Å². The van der Waals surface area contributed by atoms with Gasteiger partial charge in [0.05, 0.1) is 11.9 Å². The summed E-state index contributed by atoms with van der Waals surface area (Å²) < 4.78 is 24.4. The van der Waals surface area contributed by atoms with Gasteiger partial charge in [0.1, 0.15) is 0 Å². The molecule has 0 saturated carbocycles. The molecule has 1 amide bonds. The summed E-state index contributed by atoms with van der Waals surface area (Å²) in [7, 11) is -3.23. The first kappa shape index (κ1) is 16.7. The highest BCUT2D eigenvalue weighted by atomic mass is 32.2. The molecule has 2 fully saturated rings. The second-order valence-electron chi connectivity index (χ2n) is 6.32. The van der Waals surface area contributed by atoms with E-state index in [2.05, 4.69) is 10.2 Å². The van der Waals surface area contributed by atoms with Gasteiger partial charge in [-0.2, -0.15) is 4.31 Å². The Morgan fingerprint density at radius 2 is 1.95 bits per heavy atom. The normalized spacial score (nSPS) is 29.7. The van der Waals surface area contributed by atoms with Crippen LogP contribution in [0, 0.1) is 0 Å². The van der Waals surface area contributed by atoms with Crippen molar-refractivity contribution in [3.05, 3.63) is 0 Å². The number of amides is 1. The third kappa shape index (κ3) is 4.64. The zero-order chi connectivity index (χ0) is 15.7. The largest absolute Gasteiger partial charge is 0.387 e. The van der Waals surface area contributed by atoms with Crippen molar-refractivity contribution in [1.29, 1.82) is 0 Å². The van der Waals surface area contributed by atoms with Crippen molar-refractivity contribution in [3.8, 4) is 0 Å². The smallest absolute Gasteiger partial charge is 0.217 e. The maximum absolute atomic E-state index is 11.5. The summed E-state index contributed by atoms with van der Waals surface area (Å²) in [6.45, 7) is 4.20. The second kappa shape index (κ2) is 6.20. The lowest BCUT2D eigenvalue weighted by molar-refractivity contribution is -0.120. The Labute approximate surface area is 126 Å². The molecule has 2 rings (SSSR count). The molecule has 8 heteroatoms. The van der Waals surface area contributed by atoms with Crippen LogP contribution in [0.4, 0.5) is 0 Å². The summed E-state index contributed by atoms with van der Waals surface area (Å²) in [4.78, 5) is 13.2. The standard InChI is InChI=1S/C13H25N3O4S/c1-11(17)14-12-3-6-15(7-4-12)9-13(18)5-8-16(10-13)21(2,19)20/h12,18H,3-10H2,1-2H3,(H,14,17)/t13-/m0/s1. The number of piperidine rings is 1. The van der Waals surface area contributed by atoms with Gasteiger partial charge >= 0.3 is 0 Å². The number of aliphatic hydroxyl groups is 1. The number of rotatable bonds is 4. The van der Waals surface area contributed by atoms with Crippen LogP contribution in [0.1, 0.15) is 26.2 Å². The molecular weight excluding hydrogens is 294 g/mol. The summed E-state index contributed by atoms with van der Waals surface area (Å²) in [6.07, 6.45) is 3.39. The molecule has 0 spiro atoms. The monoisotopic (exact) mass is 319 g/mol. The average molecular weight is 319 g/mol. The van der Waals surface area contributed by atoms with Gasteiger partial charge in [0.2, 0.25) is 15.9 Å². The minimum absolute atomic E-state index is 0.00772. The minimum atomic E-state index is -3.23. The molecular formula is C13H25N3O4S. The first-order chi connectivity index (χ1) is 9.68. The lowest BCUT2D eigenvalue weighted by Gasteiger charge is -2.36. The molecule has 2 saturated heterocycles. The second-order valence-corrected chi connectivity index (χ2v) is 8.30. The highest BCUT2D eigenvalue weighted by molar-refractivity contribution is 7.88. The zero-order valence-corrected chi connectivity index (χ0v) is 13.5. The van der Waals surface area contributed by atoms with Crippen LogP contribution in [-0.4, -0.2) is 79.3 Å². The van der Waals surface area contributed by atoms with E-state index in [4.69, 9.17) is 0 Å². The van der Waals surface area contributed by atoms with Crippen molar-refractivity contribution in [2.75, 3.05) is 39.0 Å². The van der Waals surface area contributed by atoms with E-state index in [-0.39, 0.29) is 18.5 Å². The van der Waals surface area contributed by atoms with Crippen molar-refractivity contribution in [2.45, 2.75) is 37.8 Å². The Bertz CT molecular complexity index is 488. The Balaban J connectivity index is 1.82. The zero-order valence-electron chi connectivity index (χ0n) is 12.7. The predicted molar refractivity (Wildman–Crippen MR) is 79.3 cm³/mol. The van der Waals surface area contributed by atoms with Crippen molar-refractivity contribution in [2.24, 2.45) is 0 Å². The van der Waals surface area contributed by atoms with Gasteiger partial charge in [-0.05, 0) is 19.3 Å². The van der Waals surface area contributed by atoms with Crippen molar-refractivity contribution >= 4 is 15.9 Å². The Morgan fingerprint density at radius 1 is 1.33 bits per heavy atom. The summed E-state index contributed by atoms with van der Waals surface area (Å²) in [5.74, 6) is -0.00772.